The van der Waals surface area contributed by atoms with Gasteiger partial charge in [-0.25, -0.2) is 4.52 Å². The van der Waals surface area contributed by atoms with Gasteiger partial charge in [0.1, 0.15) is 0 Å². The van der Waals surface area contributed by atoms with Gasteiger partial charge >= 0.3 is 0 Å². The van der Waals surface area contributed by atoms with Gasteiger partial charge in [0, 0.05) is 11.6 Å². The standard InChI is InChI=1S/C12H16N2O2/c1-8(2)9-6-13-14-7-12(16-4)11(15-3)5-10(9)14/h5-8H,1-4H3. The molecule has 0 saturated carbocycles. The van der Waals surface area contributed by atoms with Crippen LogP contribution in [-0.2, 0) is 0 Å². The Morgan fingerprint density at radius 1 is 1.19 bits per heavy atom. The van der Waals surface area contributed by atoms with Crippen LogP contribution in [0.4, 0.5) is 0 Å². The maximum atomic E-state index is 5.28. The number of nitrogens with zero attached hydrogens (tertiary/aromatic N) is 2. The molecule has 0 amide bonds. The molecule has 86 valence electrons. The smallest absolute Gasteiger partial charge is 0.179 e. The zero-order valence-electron chi connectivity index (χ0n) is 10.0. The molecule has 4 nitrogen and oxygen atoms in total. The van der Waals surface area contributed by atoms with Gasteiger partial charge < -0.3 is 9.47 Å². The molecular formula is C12H16N2O2. The highest BCUT2D eigenvalue weighted by atomic mass is 16.5. The highest BCUT2D eigenvalue weighted by Crippen LogP contribution is 2.31. The number of methoxy groups -OCH3 is 2. The second-order valence-corrected chi connectivity index (χ2v) is 3.99. The molecule has 2 aromatic heterocycles. The Kier molecular flexibility index (Phi) is 2.73. The number of rotatable bonds is 3. The van der Waals surface area contributed by atoms with Crippen LogP contribution in [0.3, 0.4) is 0 Å². The molecule has 0 radical (unpaired) electrons. The van der Waals surface area contributed by atoms with Crippen molar-refractivity contribution >= 4 is 5.52 Å². The average molecular weight is 220 g/mol. The first kappa shape index (κ1) is 10.8. The molecule has 0 fully saturated rings. The van der Waals surface area contributed by atoms with E-state index in [4.69, 9.17) is 9.47 Å². The van der Waals surface area contributed by atoms with Crippen molar-refractivity contribution < 1.29 is 9.47 Å². The normalized spacial score (nSPS) is 11.1. The van der Waals surface area contributed by atoms with Gasteiger partial charge in [-0.05, 0) is 5.92 Å². The molecule has 0 bridgehead atoms. The van der Waals surface area contributed by atoms with Crippen LogP contribution in [-0.4, -0.2) is 23.8 Å². The van der Waals surface area contributed by atoms with E-state index in [-0.39, 0.29) is 0 Å². The molecule has 2 heterocycles. The van der Waals surface area contributed by atoms with Crippen molar-refractivity contribution in [3.8, 4) is 11.5 Å². The molecule has 2 aromatic rings. The van der Waals surface area contributed by atoms with Crippen LogP contribution in [0.25, 0.3) is 5.52 Å². The van der Waals surface area contributed by atoms with Crippen LogP contribution in [0.15, 0.2) is 18.5 Å². The Morgan fingerprint density at radius 3 is 2.44 bits per heavy atom. The van der Waals surface area contributed by atoms with E-state index in [9.17, 15) is 0 Å². The van der Waals surface area contributed by atoms with Crippen LogP contribution < -0.4 is 9.47 Å². The predicted molar refractivity (Wildman–Crippen MR) is 62.4 cm³/mol. The van der Waals surface area contributed by atoms with E-state index in [0.29, 0.717) is 11.7 Å². The Bertz CT molecular complexity index is 503. The summed E-state index contributed by atoms with van der Waals surface area (Å²) in [7, 11) is 3.26. The Labute approximate surface area is 94.8 Å². The highest BCUT2D eigenvalue weighted by Gasteiger charge is 2.12. The fourth-order valence-electron chi connectivity index (χ4n) is 1.76. The second kappa shape index (κ2) is 4.04. The summed E-state index contributed by atoms with van der Waals surface area (Å²) in [5.41, 5.74) is 2.27. The van der Waals surface area contributed by atoms with Gasteiger partial charge in [-0.15, -0.1) is 0 Å². The zero-order chi connectivity index (χ0) is 11.7. The number of pyridine rings is 1. The van der Waals surface area contributed by atoms with Crippen molar-refractivity contribution in [1.82, 2.24) is 9.61 Å². The summed E-state index contributed by atoms with van der Waals surface area (Å²) in [5, 5.41) is 4.31. The van der Waals surface area contributed by atoms with Gasteiger partial charge in [0.25, 0.3) is 0 Å². The highest BCUT2D eigenvalue weighted by molar-refractivity contribution is 5.61. The van der Waals surface area contributed by atoms with Gasteiger partial charge in [-0.1, -0.05) is 13.8 Å². The minimum Gasteiger partial charge on any atom is -0.493 e. The molecule has 0 aliphatic rings. The molecule has 2 rings (SSSR count). The van der Waals surface area contributed by atoms with Crippen LogP contribution in [0.1, 0.15) is 25.3 Å². The average Bonchev–Trinajstić information content (AvgIpc) is 2.69. The van der Waals surface area contributed by atoms with E-state index in [0.717, 1.165) is 11.3 Å². The predicted octanol–water partition coefficient (Wildman–Crippen LogP) is 2.47. The summed E-state index contributed by atoms with van der Waals surface area (Å²) in [6, 6.07) is 1.96. The van der Waals surface area contributed by atoms with Crippen molar-refractivity contribution in [3.05, 3.63) is 24.0 Å². The fourth-order valence-corrected chi connectivity index (χ4v) is 1.76. The van der Waals surface area contributed by atoms with Crippen molar-refractivity contribution in [2.75, 3.05) is 14.2 Å². The molecule has 0 saturated heterocycles. The molecular weight excluding hydrogens is 204 g/mol. The fraction of sp³-hybridized carbons (Fsp3) is 0.417. The van der Waals surface area contributed by atoms with E-state index in [1.54, 1.807) is 14.2 Å². The first-order chi connectivity index (χ1) is 7.67. The summed E-state index contributed by atoms with van der Waals surface area (Å²) < 4.78 is 12.3. The van der Waals surface area contributed by atoms with Crippen molar-refractivity contribution in [2.24, 2.45) is 0 Å². The molecule has 0 N–H and O–H groups in total. The largest absolute Gasteiger partial charge is 0.493 e. The van der Waals surface area contributed by atoms with Crippen LogP contribution in [0.5, 0.6) is 11.5 Å². The maximum absolute atomic E-state index is 5.28. The summed E-state index contributed by atoms with van der Waals surface area (Å²) in [5.74, 6) is 1.86. The summed E-state index contributed by atoms with van der Waals surface area (Å²) >= 11 is 0. The summed E-state index contributed by atoms with van der Waals surface area (Å²) in [6.07, 6.45) is 3.72. The lowest BCUT2D eigenvalue weighted by Crippen LogP contribution is -1.95. The molecule has 4 heteroatoms. The van der Waals surface area contributed by atoms with Gasteiger partial charge in [0.15, 0.2) is 11.5 Å². The second-order valence-electron chi connectivity index (χ2n) is 3.99. The van der Waals surface area contributed by atoms with Crippen molar-refractivity contribution in [2.45, 2.75) is 19.8 Å². The number of ether oxygens (including phenoxy) is 2. The molecule has 0 atom stereocenters. The minimum atomic E-state index is 0.440. The monoisotopic (exact) mass is 220 g/mol. The molecule has 0 spiro atoms. The Morgan fingerprint density at radius 2 is 1.88 bits per heavy atom. The lowest BCUT2D eigenvalue weighted by Gasteiger charge is -2.09. The zero-order valence-corrected chi connectivity index (χ0v) is 10.0. The van der Waals surface area contributed by atoms with E-state index in [1.807, 2.05) is 23.0 Å². The summed E-state index contributed by atoms with van der Waals surface area (Å²) in [4.78, 5) is 0. The molecule has 0 aromatic carbocycles. The Hall–Kier alpha value is -1.71. The van der Waals surface area contributed by atoms with Crippen LogP contribution in [0.2, 0.25) is 0 Å². The van der Waals surface area contributed by atoms with Crippen LogP contribution >= 0.6 is 0 Å². The third-order valence-corrected chi connectivity index (χ3v) is 2.68. The quantitative estimate of drug-likeness (QED) is 0.797. The van der Waals surface area contributed by atoms with Gasteiger partial charge in [-0.2, -0.15) is 5.10 Å². The number of hydrogen-bond donors (Lipinski definition) is 0. The van der Waals surface area contributed by atoms with E-state index < -0.39 is 0 Å². The molecule has 16 heavy (non-hydrogen) atoms. The lowest BCUT2D eigenvalue weighted by atomic mass is 10.1. The third kappa shape index (κ3) is 1.60. The maximum Gasteiger partial charge on any atom is 0.179 e. The van der Waals surface area contributed by atoms with Crippen molar-refractivity contribution in [3.63, 3.8) is 0 Å². The lowest BCUT2D eigenvalue weighted by molar-refractivity contribution is 0.353. The minimum absolute atomic E-state index is 0.440. The van der Waals surface area contributed by atoms with E-state index in [1.165, 1.54) is 5.56 Å². The van der Waals surface area contributed by atoms with Gasteiger partial charge in [0.05, 0.1) is 32.1 Å². The molecule has 0 aliphatic carbocycles. The van der Waals surface area contributed by atoms with Gasteiger partial charge in [0.2, 0.25) is 0 Å². The SMILES string of the molecule is COc1cc2c(C(C)C)cnn2cc1OC. The number of aromatic nitrogens is 2. The number of fused-ring (bicyclic) bond motifs is 1. The van der Waals surface area contributed by atoms with E-state index in [2.05, 4.69) is 18.9 Å². The van der Waals surface area contributed by atoms with Crippen molar-refractivity contribution in [1.29, 1.82) is 0 Å². The van der Waals surface area contributed by atoms with E-state index >= 15 is 0 Å². The third-order valence-electron chi connectivity index (χ3n) is 2.68. The number of hydrogen-bond acceptors (Lipinski definition) is 3. The first-order valence-electron chi connectivity index (χ1n) is 5.26. The topological polar surface area (TPSA) is 35.8 Å². The molecule has 0 aliphatic heterocycles. The Balaban J connectivity index is 2.66. The van der Waals surface area contributed by atoms with Crippen LogP contribution in [0, 0.1) is 0 Å². The molecule has 0 unspecified atom stereocenters. The first-order valence-corrected chi connectivity index (χ1v) is 5.26. The summed E-state index contributed by atoms with van der Waals surface area (Å²) in [6.45, 7) is 4.29. The van der Waals surface area contributed by atoms with Gasteiger partial charge in [-0.3, -0.25) is 0 Å².